The summed E-state index contributed by atoms with van der Waals surface area (Å²) in [5, 5.41) is 3.13. The molecule has 2 aromatic rings. The Hall–Kier alpha value is -2.29. The van der Waals surface area contributed by atoms with Gasteiger partial charge in [-0.05, 0) is 42.5 Å². The van der Waals surface area contributed by atoms with Gasteiger partial charge in [0.25, 0.3) is 0 Å². The number of carbonyl (C=O) groups excluding carboxylic acids is 1. The van der Waals surface area contributed by atoms with Crippen molar-refractivity contribution >= 4 is 5.91 Å². The van der Waals surface area contributed by atoms with Gasteiger partial charge in [-0.15, -0.1) is 0 Å². The predicted octanol–water partition coefficient (Wildman–Crippen LogP) is 4.20. The number of amides is 1. The van der Waals surface area contributed by atoms with Gasteiger partial charge in [0.15, 0.2) is 0 Å². The molecule has 0 bridgehead atoms. The number of aryl methyl sites for hydroxylation is 2. The van der Waals surface area contributed by atoms with E-state index in [1.54, 1.807) is 7.11 Å². The Morgan fingerprint density at radius 1 is 1.17 bits per heavy atom. The molecule has 3 nitrogen and oxygen atoms in total. The molecule has 0 fully saturated rings. The van der Waals surface area contributed by atoms with Crippen LogP contribution in [-0.4, -0.2) is 13.0 Å². The van der Waals surface area contributed by atoms with Gasteiger partial charge in [0.05, 0.1) is 13.2 Å². The van der Waals surface area contributed by atoms with Crippen molar-refractivity contribution in [3.8, 4) is 5.75 Å². The molecule has 0 radical (unpaired) electrons. The minimum atomic E-state index is 0.0845. The average molecular weight is 311 g/mol. The number of ether oxygens (including phenoxy) is 1. The summed E-state index contributed by atoms with van der Waals surface area (Å²) in [4.78, 5) is 12.2. The molecule has 1 amide bonds. The first-order chi connectivity index (χ1) is 11.1. The fourth-order valence-electron chi connectivity index (χ4n) is 2.73. The molecule has 0 saturated heterocycles. The smallest absolute Gasteiger partial charge is 0.220 e. The lowest BCUT2D eigenvalue weighted by Crippen LogP contribution is -2.28. The molecule has 3 heteroatoms. The highest BCUT2D eigenvalue weighted by Crippen LogP contribution is 2.20. The number of carbonyl (C=O) groups is 1. The van der Waals surface area contributed by atoms with Crippen LogP contribution in [0.15, 0.2) is 48.5 Å². The van der Waals surface area contributed by atoms with Crippen LogP contribution in [-0.2, 0) is 11.2 Å². The maximum Gasteiger partial charge on any atom is 0.220 e. The summed E-state index contributed by atoms with van der Waals surface area (Å²) in [6, 6.07) is 16.3. The minimum Gasteiger partial charge on any atom is -0.496 e. The van der Waals surface area contributed by atoms with Gasteiger partial charge < -0.3 is 10.1 Å². The van der Waals surface area contributed by atoms with Crippen LogP contribution in [0, 0.1) is 6.92 Å². The molecule has 0 aliphatic carbocycles. The van der Waals surface area contributed by atoms with Gasteiger partial charge in [-0.3, -0.25) is 4.79 Å². The highest BCUT2D eigenvalue weighted by molar-refractivity contribution is 5.76. The van der Waals surface area contributed by atoms with Crippen LogP contribution in [0.3, 0.4) is 0 Å². The van der Waals surface area contributed by atoms with Crippen molar-refractivity contribution in [2.24, 2.45) is 0 Å². The van der Waals surface area contributed by atoms with Crippen molar-refractivity contribution in [3.05, 3.63) is 65.2 Å². The quantitative estimate of drug-likeness (QED) is 0.832. The molecule has 0 aliphatic heterocycles. The van der Waals surface area contributed by atoms with Gasteiger partial charge in [-0.1, -0.05) is 49.4 Å². The Kier molecular flexibility index (Phi) is 6.21. The van der Waals surface area contributed by atoms with Gasteiger partial charge in [-0.2, -0.15) is 0 Å². The van der Waals surface area contributed by atoms with Crippen molar-refractivity contribution in [1.82, 2.24) is 5.32 Å². The molecule has 0 aromatic heterocycles. The second kappa shape index (κ2) is 8.37. The van der Waals surface area contributed by atoms with Crippen molar-refractivity contribution in [1.29, 1.82) is 0 Å². The average Bonchev–Trinajstić information content (AvgIpc) is 2.58. The summed E-state index contributed by atoms with van der Waals surface area (Å²) < 4.78 is 5.26. The highest BCUT2D eigenvalue weighted by Gasteiger charge is 2.12. The van der Waals surface area contributed by atoms with Crippen LogP contribution < -0.4 is 10.1 Å². The van der Waals surface area contributed by atoms with Crippen LogP contribution in [0.5, 0.6) is 5.75 Å². The summed E-state index contributed by atoms with van der Waals surface area (Å²) in [6.07, 6.45) is 2.12. The Morgan fingerprint density at radius 3 is 2.52 bits per heavy atom. The van der Waals surface area contributed by atoms with Crippen LogP contribution in [0.1, 0.15) is 42.5 Å². The zero-order valence-corrected chi connectivity index (χ0v) is 14.1. The van der Waals surface area contributed by atoms with E-state index in [0.29, 0.717) is 6.42 Å². The third-order valence-corrected chi connectivity index (χ3v) is 4.05. The van der Waals surface area contributed by atoms with E-state index in [-0.39, 0.29) is 11.9 Å². The molecule has 2 rings (SSSR count). The summed E-state index contributed by atoms with van der Waals surface area (Å²) in [5.41, 5.74) is 3.41. The van der Waals surface area contributed by atoms with Gasteiger partial charge in [0.1, 0.15) is 5.75 Å². The Balaban J connectivity index is 1.90. The van der Waals surface area contributed by atoms with E-state index >= 15 is 0 Å². The van der Waals surface area contributed by atoms with E-state index in [0.717, 1.165) is 35.3 Å². The van der Waals surface area contributed by atoms with Crippen LogP contribution in [0.25, 0.3) is 0 Å². The lowest BCUT2D eigenvalue weighted by molar-refractivity contribution is -0.121. The van der Waals surface area contributed by atoms with Crippen molar-refractivity contribution in [3.63, 3.8) is 0 Å². The van der Waals surface area contributed by atoms with E-state index in [4.69, 9.17) is 4.74 Å². The number of hydrogen-bond acceptors (Lipinski definition) is 2. The first kappa shape index (κ1) is 17.1. The third-order valence-electron chi connectivity index (χ3n) is 4.05. The second-order valence-electron chi connectivity index (χ2n) is 5.74. The van der Waals surface area contributed by atoms with E-state index in [1.807, 2.05) is 37.3 Å². The van der Waals surface area contributed by atoms with Crippen LogP contribution >= 0.6 is 0 Å². The Labute approximate surface area is 138 Å². The normalized spacial score (nSPS) is 11.8. The molecule has 0 heterocycles. The number of rotatable bonds is 7. The first-order valence-electron chi connectivity index (χ1n) is 8.12. The van der Waals surface area contributed by atoms with Gasteiger partial charge >= 0.3 is 0 Å². The van der Waals surface area contributed by atoms with E-state index < -0.39 is 0 Å². The lowest BCUT2D eigenvalue weighted by atomic mass is 10.0. The molecule has 122 valence electrons. The zero-order valence-electron chi connectivity index (χ0n) is 14.1. The van der Waals surface area contributed by atoms with E-state index in [9.17, 15) is 4.79 Å². The van der Waals surface area contributed by atoms with Crippen molar-refractivity contribution in [2.45, 2.75) is 39.2 Å². The topological polar surface area (TPSA) is 38.3 Å². The van der Waals surface area contributed by atoms with Gasteiger partial charge in [0, 0.05) is 6.42 Å². The molecular formula is C20H25NO2. The van der Waals surface area contributed by atoms with Crippen LogP contribution in [0.4, 0.5) is 0 Å². The molecule has 0 aliphatic rings. The summed E-state index contributed by atoms with van der Waals surface area (Å²) in [7, 11) is 1.67. The fraction of sp³-hybridized carbons (Fsp3) is 0.350. The minimum absolute atomic E-state index is 0.0845. The molecule has 2 aromatic carbocycles. The fourth-order valence-corrected chi connectivity index (χ4v) is 2.73. The van der Waals surface area contributed by atoms with Gasteiger partial charge in [-0.25, -0.2) is 0 Å². The van der Waals surface area contributed by atoms with Crippen molar-refractivity contribution < 1.29 is 9.53 Å². The molecule has 0 unspecified atom stereocenters. The summed E-state index contributed by atoms with van der Waals surface area (Å²) in [5.74, 6) is 0.975. The molecule has 1 atom stereocenters. The third kappa shape index (κ3) is 4.85. The predicted molar refractivity (Wildman–Crippen MR) is 93.7 cm³/mol. The monoisotopic (exact) mass is 311 g/mol. The SMILES string of the molecule is CC[C@H](NC(=O)CCc1ccc(OC)c(C)c1)c1ccccc1. The Morgan fingerprint density at radius 2 is 1.91 bits per heavy atom. The zero-order chi connectivity index (χ0) is 16.7. The number of hydrogen-bond donors (Lipinski definition) is 1. The van der Waals surface area contributed by atoms with Gasteiger partial charge in [0.2, 0.25) is 5.91 Å². The number of methoxy groups -OCH3 is 1. The highest BCUT2D eigenvalue weighted by atomic mass is 16.5. The number of benzene rings is 2. The van der Waals surface area contributed by atoms with Crippen LogP contribution in [0.2, 0.25) is 0 Å². The molecule has 0 saturated carbocycles. The standard InChI is InChI=1S/C20H25NO2/c1-4-18(17-8-6-5-7-9-17)21-20(22)13-11-16-10-12-19(23-3)15(2)14-16/h5-10,12,14,18H,4,11,13H2,1-3H3,(H,21,22)/t18-/m0/s1. The maximum atomic E-state index is 12.2. The number of nitrogens with one attached hydrogen (secondary N) is 1. The first-order valence-corrected chi connectivity index (χ1v) is 8.12. The molecular weight excluding hydrogens is 286 g/mol. The second-order valence-corrected chi connectivity index (χ2v) is 5.74. The molecule has 23 heavy (non-hydrogen) atoms. The molecule has 0 spiro atoms. The summed E-state index contributed by atoms with van der Waals surface area (Å²) in [6.45, 7) is 4.11. The van der Waals surface area contributed by atoms with Crippen molar-refractivity contribution in [2.75, 3.05) is 7.11 Å². The largest absolute Gasteiger partial charge is 0.496 e. The molecule has 1 N–H and O–H groups in total. The van der Waals surface area contributed by atoms with E-state index in [2.05, 4.69) is 30.4 Å². The lowest BCUT2D eigenvalue weighted by Gasteiger charge is -2.17. The van der Waals surface area contributed by atoms with E-state index in [1.165, 1.54) is 0 Å². The maximum absolute atomic E-state index is 12.2. The Bertz CT molecular complexity index is 637. The summed E-state index contributed by atoms with van der Waals surface area (Å²) >= 11 is 0.